The maximum Gasteiger partial charge on any atom is 0.0972 e. The van der Waals surface area contributed by atoms with Crippen LogP contribution in [0.1, 0.15) is 27.7 Å². The summed E-state index contributed by atoms with van der Waals surface area (Å²) in [5.74, 6) is 0. The van der Waals surface area contributed by atoms with E-state index in [1.165, 1.54) is 0 Å². The predicted molar refractivity (Wildman–Crippen MR) is 43.3 cm³/mol. The number of halogens is 1. The minimum atomic E-state index is 0.260. The fraction of sp³-hybridized carbons (Fsp3) is 0.857. The minimum Gasteiger partial charge on any atom is -0.277 e. The average Bonchev–Trinajstić information content (AvgIpc) is 1.59. The molecule has 0 N–H and O–H groups in total. The molecule has 0 aromatic rings. The number of rotatable bonds is 1. The molecule has 54 valence electrons. The Morgan fingerprint density at radius 3 is 2.00 bits per heavy atom. The highest BCUT2D eigenvalue weighted by atomic mass is 35.5. The number of nitrogens with zero attached hydrogens (tertiary/aromatic N) is 1. The Labute approximate surface area is 62.1 Å². The fourth-order valence-electron chi connectivity index (χ4n) is 0.346. The Hall–Kier alpha value is -0.0400. The molecule has 0 aromatic carbocycles. The summed E-state index contributed by atoms with van der Waals surface area (Å²) in [6.07, 6.45) is 0. The standard InChI is InChI=1S/C7H14ClN/c1-6(8)9-5-7(2,3)4/h5H2,1-4H3. The van der Waals surface area contributed by atoms with E-state index in [0.717, 1.165) is 6.54 Å². The van der Waals surface area contributed by atoms with Gasteiger partial charge in [0.2, 0.25) is 0 Å². The molecular formula is C7H14ClN. The molecular weight excluding hydrogens is 134 g/mol. The van der Waals surface area contributed by atoms with Crippen molar-refractivity contribution in [2.75, 3.05) is 6.54 Å². The smallest absolute Gasteiger partial charge is 0.0972 e. The fourth-order valence-corrected chi connectivity index (χ4v) is 0.406. The van der Waals surface area contributed by atoms with E-state index in [4.69, 9.17) is 11.6 Å². The van der Waals surface area contributed by atoms with Crippen molar-refractivity contribution < 1.29 is 0 Å². The molecule has 0 aliphatic carbocycles. The molecule has 0 aliphatic heterocycles. The Kier molecular flexibility index (Phi) is 3.20. The van der Waals surface area contributed by atoms with Crippen molar-refractivity contribution in [1.82, 2.24) is 0 Å². The van der Waals surface area contributed by atoms with Gasteiger partial charge in [-0.25, -0.2) is 0 Å². The highest BCUT2D eigenvalue weighted by molar-refractivity contribution is 6.64. The number of hydrogen-bond donors (Lipinski definition) is 0. The minimum absolute atomic E-state index is 0.260. The third kappa shape index (κ3) is 7.96. The van der Waals surface area contributed by atoms with Gasteiger partial charge in [-0.05, 0) is 12.3 Å². The van der Waals surface area contributed by atoms with Crippen LogP contribution in [0.3, 0.4) is 0 Å². The summed E-state index contributed by atoms with van der Waals surface area (Å²) in [6.45, 7) is 9.01. The molecule has 0 fully saturated rings. The van der Waals surface area contributed by atoms with E-state index in [2.05, 4.69) is 25.8 Å². The average molecular weight is 148 g/mol. The Balaban J connectivity index is 3.64. The first kappa shape index (κ1) is 8.96. The lowest BCUT2D eigenvalue weighted by molar-refractivity contribution is 0.430. The van der Waals surface area contributed by atoms with Gasteiger partial charge in [0.15, 0.2) is 0 Å². The molecule has 0 radical (unpaired) electrons. The van der Waals surface area contributed by atoms with E-state index in [9.17, 15) is 0 Å². The van der Waals surface area contributed by atoms with Crippen LogP contribution in [-0.2, 0) is 0 Å². The van der Waals surface area contributed by atoms with E-state index >= 15 is 0 Å². The van der Waals surface area contributed by atoms with Gasteiger partial charge in [-0.15, -0.1) is 0 Å². The third-order valence-corrected chi connectivity index (χ3v) is 0.891. The van der Waals surface area contributed by atoms with Crippen molar-refractivity contribution in [3.63, 3.8) is 0 Å². The van der Waals surface area contributed by atoms with E-state index in [-0.39, 0.29) is 5.41 Å². The highest BCUT2D eigenvalue weighted by Crippen LogP contribution is 2.12. The van der Waals surface area contributed by atoms with Crippen LogP contribution < -0.4 is 0 Å². The molecule has 0 unspecified atom stereocenters. The maximum absolute atomic E-state index is 5.53. The molecule has 1 nitrogen and oxygen atoms in total. The lowest BCUT2D eigenvalue weighted by Gasteiger charge is -2.13. The summed E-state index contributed by atoms with van der Waals surface area (Å²) in [7, 11) is 0. The number of aliphatic imine (C=N–C) groups is 1. The molecule has 0 bridgehead atoms. The highest BCUT2D eigenvalue weighted by Gasteiger charge is 2.07. The number of hydrogen-bond acceptors (Lipinski definition) is 1. The van der Waals surface area contributed by atoms with Crippen LogP contribution in [0.2, 0.25) is 0 Å². The molecule has 0 amide bonds. The van der Waals surface area contributed by atoms with Crippen molar-refractivity contribution in [3.05, 3.63) is 0 Å². The molecule has 0 rings (SSSR count). The molecule has 2 heteroatoms. The van der Waals surface area contributed by atoms with Crippen molar-refractivity contribution in [1.29, 1.82) is 0 Å². The van der Waals surface area contributed by atoms with Crippen LogP contribution in [0.5, 0.6) is 0 Å². The molecule has 0 aliphatic rings. The van der Waals surface area contributed by atoms with Gasteiger partial charge >= 0.3 is 0 Å². The lowest BCUT2D eigenvalue weighted by Crippen LogP contribution is -2.09. The zero-order chi connectivity index (χ0) is 7.49. The zero-order valence-corrected chi connectivity index (χ0v) is 7.29. The predicted octanol–water partition coefficient (Wildman–Crippen LogP) is 2.69. The van der Waals surface area contributed by atoms with Crippen molar-refractivity contribution in [2.45, 2.75) is 27.7 Å². The maximum atomic E-state index is 5.53. The second-order valence-corrected chi connectivity index (χ2v) is 3.92. The first-order chi connectivity index (χ1) is 3.92. The summed E-state index contributed by atoms with van der Waals surface area (Å²) in [5, 5.41) is 0.643. The van der Waals surface area contributed by atoms with Gasteiger partial charge in [-0.1, -0.05) is 32.4 Å². The second kappa shape index (κ2) is 3.21. The summed E-state index contributed by atoms with van der Waals surface area (Å²) in [6, 6.07) is 0. The van der Waals surface area contributed by atoms with E-state index < -0.39 is 0 Å². The normalized spacial score (nSPS) is 14.1. The van der Waals surface area contributed by atoms with Crippen molar-refractivity contribution in [3.8, 4) is 0 Å². The molecule has 0 aromatic heterocycles. The van der Waals surface area contributed by atoms with Gasteiger partial charge in [0, 0.05) is 6.54 Å². The van der Waals surface area contributed by atoms with Crippen LogP contribution >= 0.6 is 11.6 Å². The molecule has 0 saturated heterocycles. The second-order valence-electron chi connectivity index (χ2n) is 3.37. The largest absolute Gasteiger partial charge is 0.277 e. The molecule has 9 heavy (non-hydrogen) atoms. The van der Waals surface area contributed by atoms with Crippen molar-refractivity contribution >= 4 is 16.8 Å². The van der Waals surface area contributed by atoms with Gasteiger partial charge in [-0.3, -0.25) is 4.99 Å². The zero-order valence-electron chi connectivity index (χ0n) is 6.53. The Morgan fingerprint density at radius 1 is 1.44 bits per heavy atom. The summed E-state index contributed by atoms with van der Waals surface area (Å²) in [4.78, 5) is 4.08. The van der Waals surface area contributed by atoms with Gasteiger partial charge < -0.3 is 0 Å². The third-order valence-electron chi connectivity index (χ3n) is 0.771. The Morgan fingerprint density at radius 2 is 1.89 bits per heavy atom. The van der Waals surface area contributed by atoms with Crippen molar-refractivity contribution in [2.24, 2.45) is 10.4 Å². The molecule has 0 spiro atoms. The van der Waals surface area contributed by atoms with Gasteiger partial charge in [0.05, 0.1) is 5.17 Å². The SMILES string of the molecule is CC(Cl)=NCC(C)(C)C. The van der Waals surface area contributed by atoms with E-state index in [1.54, 1.807) is 6.92 Å². The van der Waals surface area contributed by atoms with Gasteiger partial charge in [0.25, 0.3) is 0 Å². The monoisotopic (exact) mass is 147 g/mol. The topological polar surface area (TPSA) is 12.4 Å². The molecule has 0 saturated carbocycles. The lowest BCUT2D eigenvalue weighted by atomic mass is 9.97. The van der Waals surface area contributed by atoms with Crippen LogP contribution in [0.25, 0.3) is 0 Å². The molecule has 0 heterocycles. The van der Waals surface area contributed by atoms with E-state index in [1.807, 2.05) is 0 Å². The Bertz CT molecular complexity index is 107. The van der Waals surface area contributed by atoms with Gasteiger partial charge in [-0.2, -0.15) is 0 Å². The van der Waals surface area contributed by atoms with E-state index in [0.29, 0.717) is 5.17 Å². The first-order valence-corrected chi connectivity index (χ1v) is 3.46. The van der Waals surface area contributed by atoms with Gasteiger partial charge in [0.1, 0.15) is 0 Å². The van der Waals surface area contributed by atoms with Crippen LogP contribution in [0.15, 0.2) is 4.99 Å². The molecule has 0 atom stereocenters. The summed E-state index contributed by atoms with van der Waals surface area (Å²) >= 11 is 5.53. The van der Waals surface area contributed by atoms with Crippen LogP contribution in [0.4, 0.5) is 0 Å². The van der Waals surface area contributed by atoms with Crippen LogP contribution in [0, 0.1) is 5.41 Å². The first-order valence-electron chi connectivity index (χ1n) is 3.08. The quantitative estimate of drug-likeness (QED) is 0.506. The van der Waals surface area contributed by atoms with Crippen LogP contribution in [-0.4, -0.2) is 11.7 Å². The summed E-state index contributed by atoms with van der Waals surface area (Å²) in [5.41, 5.74) is 0.260. The summed E-state index contributed by atoms with van der Waals surface area (Å²) < 4.78 is 0.